The molecule has 9 nitrogen and oxygen atoms in total. The molecule has 1 fully saturated rings. The number of urea groups is 1. The van der Waals surface area contributed by atoms with Crippen LogP contribution < -0.4 is 16.0 Å². The monoisotopic (exact) mass is 383 g/mol. The molecule has 27 heavy (non-hydrogen) atoms. The standard InChI is InChI=1S/C15H12F3N5O4/c16-15(17,18)7-5-19-23(6-7)9-3-1-8(2-4-9)20-11(24)10-12(25)21-14(27)22-13(10)26/h1-6,10,12,25H,(H,20,24)(H2,21,22,26,27). The molecule has 1 aliphatic rings. The number of nitrogens with zero attached hydrogens (tertiary/aromatic N) is 2. The fourth-order valence-corrected chi connectivity index (χ4v) is 2.38. The first-order chi connectivity index (χ1) is 12.6. The van der Waals surface area contributed by atoms with E-state index in [9.17, 15) is 32.7 Å². The van der Waals surface area contributed by atoms with Crippen molar-refractivity contribution in [1.29, 1.82) is 0 Å². The fraction of sp³-hybridized carbons (Fsp3) is 0.200. The van der Waals surface area contributed by atoms with Crippen LogP contribution in [0.2, 0.25) is 0 Å². The Morgan fingerprint density at radius 1 is 1.22 bits per heavy atom. The zero-order chi connectivity index (χ0) is 19.8. The van der Waals surface area contributed by atoms with Crippen molar-refractivity contribution in [3.63, 3.8) is 0 Å². The number of carbonyl (C=O) groups is 3. The summed E-state index contributed by atoms with van der Waals surface area (Å²) >= 11 is 0. The summed E-state index contributed by atoms with van der Waals surface area (Å²) < 4.78 is 38.8. The number of aromatic nitrogens is 2. The number of imide groups is 1. The number of alkyl halides is 3. The van der Waals surface area contributed by atoms with Crippen LogP contribution in [0.3, 0.4) is 0 Å². The van der Waals surface area contributed by atoms with Crippen molar-refractivity contribution in [2.75, 3.05) is 5.32 Å². The van der Waals surface area contributed by atoms with E-state index in [-0.39, 0.29) is 5.69 Å². The number of benzene rings is 1. The molecule has 142 valence electrons. The van der Waals surface area contributed by atoms with E-state index in [0.29, 0.717) is 11.9 Å². The highest BCUT2D eigenvalue weighted by Gasteiger charge is 2.39. The molecule has 0 aliphatic carbocycles. The Morgan fingerprint density at radius 3 is 2.44 bits per heavy atom. The molecule has 0 radical (unpaired) electrons. The second kappa shape index (κ2) is 6.72. The van der Waals surface area contributed by atoms with Gasteiger partial charge < -0.3 is 15.7 Å². The summed E-state index contributed by atoms with van der Waals surface area (Å²) in [7, 11) is 0. The van der Waals surface area contributed by atoms with Gasteiger partial charge in [-0.15, -0.1) is 0 Å². The highest BCUT2D eigenvalue weighted by molar-refractivity contribution is 6.12. The summed E-state index contributed by atoms with van der Waals surface area (Å²) in [5.74, 6) is -3.38. The molecule has 4 amide bonds. The summed E-state index contributed by atoms with van der Waals surface area (Å²) in [4.78, 5) is 34.8. The molecule has 2 atom stereocenters. The average Bonchev–Trinajstić information content (AvgIpc) is 3.04. The van der Waals surface area contributed by atoms with E-state index in [2.05, 4.69) is 10.4 Å². The van der Waals surface area contributed by atoms with E-state index in [1.807, 2.05) is 10.6 Å². The number of rotatable bonds is 3. The topological polar surface area (TPSA) is 125 Å². The lowest BCUT2D eigenvalue weighted by atomic mass is 10.0. The molecular weight excluding hydrogens is 371 g/mol. The molecule has 1 aromatic heterocycles. The minimum absolute atomic E-state index is 0.226. The van der Waals surface area contributed by atoms with Crippen LogP contribution in [-0.4, -0.2) is 39.0 Å². The fourth-order valence-electron chi connectivity index (χ4n) is 2.38. The van der Waals surface area contributed by atoms with Crippen LogP contribution >= 0.6 is 0 Å². The second-order valence-electron chi connectivity index (χ2n) is 5.59. The van der Waals surface area contributed by atoms with Crippen LogP contribution in [0.5, 0.6) is 0 Å². The van der Waals surface area contributed by atoms with Crippen molar-refractivity contribution in [2.45, 2.75) is 12.4 Å². The number of amides is 4. The van der Waals surface area contributed by atoms with E-state index in [0.717, 1.165) is 10.9 Å². The van der Waals surface area contributed by atoms with Crippen molar-refractivity contribution in [2.24, 2.45) is 5.92 Å². The number of aliphatic hydroxyl groups is 1. The first kappa shape index (κ1) is 18.4. The van der Waals surface area contributed by atoms with Crippen LogP contribution in [0.15, 0.2) is 36.7 Å². The summed E-state index contributed by atoms with van der Waals surface area (Å²) in [6, 6.07) is 4.66. The first-order valence-corrected chi connectivity index (χ1v) is 7.48. The Labute approximate surface area is 149 Å². The third kappa shape index (κ3) is 3.89. The van der Waals surface area contributed by atoms with Crippen molar-refractivity contribution in [3.8, 4) is 5.69 Å². The molecule has 0 spiro atoms. The molecular formula is C15H12F3N5O4. The van der Waals surface area contributed by atoms with Gasteiger partial charge in [-0.05, 0) is 24.3 Å². The number of anilines is 1. The number of hydrogen-bond donors (Lipinski definition) is 4. The highest BCUT2D eigenvalue weighted by atomic mass is 19.4. The lowest BCUT2D eigenvalue weighted by Crippen LogP contribution is -2.61. The van der Waals surface area contributed by atoms with E-state index in [1.165, 1.54) is 24.3 Å². The zero-order valence-corrected chi connectivity index (χ0v) is 13.3. The normalized spacial score (nSPS) is 20.0. The predicted molar refractivity (Wildman–Crippen MR) is 83.4 cm³/mol. The molecule has 12 heteroatoms. The van der Waals surface area contributed by atoms with Gasteiger partial charge in [0.1, 0.15) is 6.23 Å². The van der Waals surface area contributed by atoms with Gasteiger partial charge in [-0.3, -0.25) is 14.9 Å². The van der Waals surface area contributed by atoms with Crippen LogP contribution in [0, 0.1) is 5.92 Å². The lowest BCUT2D eigenvalue weighted by molar-refractivity contribution is -0.139. The van der Waals surface area contributed by atoms with Crippen LogP contribution in [0.4, 0.5) is 23.7 Å². The van der Waals surface area contributed by atoms with E-state index in [4.69, 9.17) is 0 Å². The van der Waals surface area contributed by atoms with Gasteiger partial charge in [-0.1, -0.05) is 0 Å². The maximum atomic E-state index is 12.6. The van der Waals surface area contributed by atoms with Crippen LogP contribution in [-0.2, 0) is 15.8 Å². The molecule has 1 saturated heterocycles. The van der Waals surface area contributed by atoms with E-state index < -0.39 is 41.7 Å². The molecule has 0 bridgehead atoms. The molecule has 3 rings (SSSR count). The number of carbonyl (C=O) groups excluding carboxylic acids is 3. The zero-order valence-electron chi connectivity index (χ0n) is 13.3. The third-order valence-electron chi connectivity index (χ3n) is 3.71. The number of hydrogen-bond acceptors (Lipinski definition) is 5. The molecule has 2 unspecified atom stereocenters. The Balaban J connectivity index is 1.70. The quantitative estimate of drug-likeness (QED) is 0.578. The number of halogens is 3. The van der Waals surface area contributed by atoms with Crippen LogP contribution in [0.1, 0.15) is 5.56 Å². The van der Waals surface area contributed by atoms with E-state index >= 15 is 0 Å². The molecule has 1 aliphatic heterocycles. The maximum Gasteiger partial charge on any atom is 0.419 e. The lowest BCUT2D eigenvalue weighted by Gasteiger charge is -2.26. The van der Waals surface area contributed by atoms with Gasteiger partial charge in [0.05, 0.1) is 17.4 Å². The van der Waals surface area contributed by atoms with Gasteiger partial charge >= 0.3 is 12.2 Å². The van der Waals surface area contributed by atoms with Crippen LogP contribution in [0.25, 0.3) is 5.69 Å². The Kier molecular flexibility index (Phi) is 4.57. The molecule has 2 aromatic rings. The van der Waals surface area contributed by atoms with Gasteiger partial charge in [0.25, 0.3) is 0 Å². The summed E-state index contributed by atoms with van der Waals surface area (Å²) in [6.45, 7) is 0. The maximum absolute atomic E-state index is 12.6. The number of aliphatic hydroxyl groups excluding tert-OH is 1. The summed E-state index contributed by atoms with van der Waals surface area (Å²) in [5.41, 5.74) is -0.366. The van der Waals surface area contributed by atoms with Gasteiger partial charge in [0.2, 0.25) is 11.8 Å². The average molecular weight is 383 g/mol. The number of nitrogens with one attached hydrogen (secondary N) is 3. The third-order valence-corrected chi connectivity index (χ3v) is 3.71. The van der Waals surface area contributed by atoms with Gasteiger partial charge in [0.15, 0.2) is 5.92 Å². The highest BCUT2D eigenvalue weighted by Crippen LogP contribution is 2.29. The Morgan fingerprint density at radius 2 is 1.89 bits per heavy atom. The van der Waals surface area contributed by atoms with Crippen molar-refractivity contribution in [1.82, 2.24) is 20.4 Å². The molecule has 0 saturated carbocycles. The largest absolute Gasteiger partial charge is 0.419 e. The van der Waals surface area contributed by atoms with Gasteiger partial charge in [-0.2, -0.15) is 18.3 Å². The van der Waals surface area contributed by atoms with E-state index in [1.54, 1.807) is 0 Å². The molecule has 4 N–H and O–H groups in total. The SMILES string of the molecule is O=C1NC(=O)C(C(=O)Nc2ccc(-n3cc(C(F)(F)F)cn3)cc2)C(O)N1. The Bertz CT molecular complexity index is 894. The van der Waals surface area contributed by atoms with Gasteiger partial charge in [0, 0.05) is 11.9 Å². The second-order valence-corrected chi connectivity index (χ2v) is 5.59. The summed E-state index contributed by atoms with van der Waals surface area (Å²) in [6.07, 6.45) is -4.69. The van der Waals surface area contributed by atoms with Crippen molar-refractivity contribution < 1.29 is 32.7 Å². The van der Waals surface area contributed by atoms with Crippen molar-refractivity contribution >= 4 is 23.5 Å². The van der Waals surface area contributed by atoms with Gasteiger partial charge in [-0.25, -0.2) is 9.48 Å². The first-order valence-electron chi connectivity index (χ1n) is 7.48. The summed E-state index contributed by atoms with van der Waals surface area (Å²) in [5, 5.41) is 19.5. The predicted octanol–water partition coefficient (Wildman–Crippen LogP) is 0.604. The van der Waals surface area contributed by atoms with Crippen molar-refractivity contribution in [3.05, 3.63) is 42.2 Å². The smallest absolute Gasteiger partial charge is 0.372 e. The molecule has 2 heterocycles. The Hall–Kier alpha value is -3.41. The minimum atomic E-state index is -4.51. The minimum Gasteiger partial charge on any atom is -0.372 e. The molecule has 1 aromatic carbocycles.